The molecule has 3 aromatic rings. The monoisotopic (exact) mass is 414 g/mol. The quantitative estimate of drug-likeness (QED) is 0.587. The Morgan fingerprint density at radius 1 is 1.32 bits per heavy atom. The molecule has 8 nitrogen and oxygen atoms in total. The van der Waals surface area contributed by atoms with E-state index in [1.54, 1.807) is 6.92 Å². The van der Waals surface area contributed by atoms with Crippen LogP contribution in [0.2, 0.25) is 0 Å². The van der Waals surface area contributed by atoms with Gasteiger partial charge in [-0.15, -0.1) is 0 Å². The number of carboxylic acid groups (broad SMARTS) is 1. The molecule has 0 aliphatic carbocycles. The number of fused-ring (bicyclic) bond motifs is 1. The Bertz CT molecular complexity index is 1020. The zero-order valence-electron chi connectivity index (χ0n) is 14.4. The van der Waals surface area contributed by atoms with Gasteiger partial charge in [0.2, 0.25) is 5.88 Å². The Morgan fingerprint density at radius 3 is 2.75 bits per heavy atom. The molecule has 0 aliphatic rings. The lowest BCUT2D eigenvalue weighted by atomic mass is 10.2. The van der Waals surface area contributed by atoms with Crippen molar-refractivity contribution in [2.75, 3.05) is 5.32 Å². The van der Waals surface area contributed by atoms with Gasteiger partial charge in [0.1, 0.15) is 22.7 Å². The first-order chi connectivity index (χ1) is 13.2. The highest BCUT2D eigenvalue weighted by atomic mass is 32.1. The number of carbonyl (C=O) groups is 1. The topological polar surface area (TPSA) is 106 Å². The van der Waals surface area contributed by atoms with Crippen molar-refractivity contribution in [1.82, 2.24) is 15.0 Å². The van der Waals surface area contributed by atoms with Crippen molar-refractivity contribution in [3.63, 3.8) is 0 Å². The van der Waals surface area contributed by atoms with Crippen LogP contribution in [-0.2, 0) is 0 Å². The molecule has 2 N–H and O–H groups in total. The Hall–Kier alpha value is -3.15. The van der Waals surface area contributed by atoms with Crippen LogP contribution in [-0.4, -0.2) is 38.5 Å². The van der Waals surface area contributed by atoms with E-state index in [-0.39, 0.29) is 22.4 Å². The van der Waals surface area contributed by atoms with Crippen molar-refractivity contribution in [3.05, 3.63) is 30.2 Å². The molecule has 0 saturated carbocycles. The molecule has 0 saturated heterocycles. The van der Waals surface area contributed by atoms with Gasteiger partial charge in [-0.2, -0.15) is 13.2 Å². The highest BCUT2D eigenvalue weighted by Crippen LogP contribution is 2.40. The first-order valence-corrected chi connectivity index (χ1v) is 8.58. The van der Waals surface area contributed by atoms with E-state index in [4.69, 9.17) is 14.6 Å². The number of aromatic nitrogens is 3. The van der Waals surface area contributed by atoms with Gasteiger partial charge < -0.3 is 19.9 Å². The number of nitrogens with one attached hydrogen (secondary N) is 1. The van der Waals surface area contributed by atoms with Crippen LogP contribution in [0.1, 0.15) is 12.5 Å². The van der Waals surface area contributed by atoms with Crippen molar-refractivity contribution in [2.45, 2.75) is 26.1 Å². The van der Waals surface area contributed by atoms with Crippen molar-refractivity contribution in [2.24, 2.45) is 0 Å². The minimum absolute atomic E-state index is 0.124. The van der Waals surface area contributed by atoms with Crippen LogP contribution in [0.25, 0.3) is 10.2 Å². The Labute approximate surface area is 160 Å². The summed E-state index contributed by atoms with van der Waals surface area (Å²) in [6, 6.07) is 3.00. The van der Waals surface area contributed by atoms with E-state index in [2.05, 4.69) is 20.3 Å². The molecule has 0 amide bonds. The van der Waals surface area contributed by atoms with Crippen LogP contribution in [0.15, 0.2) is 24.7 Å². The summed E-state index contributed by atoms with van der Waals surface area (Å²) in [7, 11) is 0. The molecule has 0 aliphatic heterocycles. The number of hydrogen-bond donors (Lipinski definition) is 2. The molecule has 3 rings (SSSR count). The fraction of sp³-hybridized carbons (Fsp3) is 0.250. The minimum atomic E-state index is -4.55. The predicted octanol–water partition coefficient (Wildman–Crippen LogP) is 4.52. The van der Waals surface area contributed by atoms with Gasteiger partial charge in [-0.05, 0) is 26.0 Å². The maximum absolute atomic E-state index is 12.8. The third-order valence-corrected chi connectivity index (χ3v) is 4.71. The van der Waals surface area contributed by atoms with E-state index in [9.17, 15) is 18.0 Å². The third-order valence-electron chi connectivity index (χ3n) is 3.64. The summed E-state index contributed by atoms with van der Waals surface area (Å²) in [6.07, 6.45) is -5.55. The van der Waals surface area contributed by atoms with E-state index < -0.39 is 18.4 Å². The van der Waals surface area contributed by atoms with Crippen molar-refractivity contribution >= 4 is 39.2 Å². The minimum Gasteiger partial charge on any atom is -0.464 e. The van der Waals surface area contributed by atoms with Gasteiger partial charge in [-0.1, -0.05) is 11.3 Å². The molecule has 28 heavy (non-hydrogen) atoms. The number of pyridine rings is 1. The summed E-state index contributed by atoms with van der Waals surface area (Å²) in [5.74, 6) is -0.00881. The second-order valence-corrected chi connectivity index (χ2v) is 6.53. The van der Waals surface area contributed by atoms with E-state index in [1.807, 2.05) is 0 Å². The number of alkyl halides is 3. The second-order valence-electron chi connectivity index (χ2n) is 5.57. The van der Waals surface area contributed by atoms with E-state index in [0.29, 0.717) is 15.8 Å². The number of aryl methyl sites for hydroxylation is 1. The molecule has 3 heterocycles. The first kappa shape index (κ1) is 19.6. The normalized spacial score (nSPS) is 12.6. The predicted molar refractivity (Wildman–Crippen MR) is 94.5 cm³/mol. The second kappa shape index (κ2) is 7.46. The number of hydrogen-bond acceptors (Lipinski definition) is 8. The van der Waals surface area contributed by atoms with Crippen molar-refractivity contribution in [1.29, 1.82) is 0 Å². The molecular formula is C16H13F3N4O4S. The summed E-state index contributed by atoms with van der Waals surface area (Å²) in [4.78, 5) is 23.3. The fourth-order valence-corrected chi connectivity index (χ4v) is 3.26. The average molecular weight is 414 g/mol. The Balaban J connectivity index is 1.98. The Kier molecular flexibility index (Phi) is 5.23. The zero-order chi connectivity index (χ0) is 20.5. The zero-order valence-corrected chi connectivity index (χ0v) is 15.3. The Morgan fingerprint density at radius 2 is 2.07 bits per heavy atom. The number of thiophene rings is 1. The number of nitrogens with zero attached hydrogens (tertiary/aromatic N) is 3. The number of rotatable bonds is 5. The van der Waals surface area contributed by atoms with E-state index in [1.165, 1.54) is 24.7 Å². The summed E-state index contributed by atoms with van der Waals surface area (Å²) < 4.78 is 48.1. The average Bonchev–Trinajstić information content (AvgIpc) is 2.92. The van der Waals surface area contributed by atoms with Crippen molar-refractivity contribution in [3.8, 4) is 10.9 Å². The molecule has 0 spiro atoms. The molecule has 1 atom stereocenters. The van der Waals surface area contributed by atoms with Crippen LogP contribution in [0.4, 0.5) is 29.5 Å². The van der Waals surface area contributed by atoms with Gasteiger partial charge in [0, 0.05) is 11.8 Å². The smallest absolute Gasteiger partial charge is 0.464 e. The largest absolute Gasteiger partial charge is 0.512 e. The van der Waals surface area contributed by atoms with Gasteiger partial charge in [0.05, 0.1) is 5.39 Å². The molecule has 3 aromatic heterocycles. The fourth-order valence-electron chi connectivity index (χ4n) is 2.26. The highest BCUT2D eigenvalue weighted by Gasteiger charge is 2.38. The van der Waals surface area contributed by atoms with Crippen LogP contribution < -0.4 is 14.8 Å². The molecule has 148 valence electrons. The summed E-state index contributed by atoms with van der Waals surface area (Å²) in [5, 5.41) is 12.3. The maximum Gasteiger partial charge on any atom is 0.512 e. The highest BCUT2D eigenvalue weighted by molar-refractivity contribution is 7.20. The lowest BCUT2D eigenvalue weighted by Gasteiger charge is -2.19. The maximum atomic E-state index is 12.8. The van der Waals surface area contributed by atoms with Crippen LogP contribution in [0, 0.1) is 6.92 Å². The van der Waals surface area contributed by atoms with E-state index >= 15 is 0 Å². The summed E-state index contributed by atoms with van der Waals surface area (Å²) in [6.45, 7) is 2.50. The molecule has 12 heteroatoms. The number of ether oxygens (including phenoxy) is 2. The molecule has 1 unspecified atom stereocenters. The molecular weight excluding hydrogens is 401 g/mol. The number of halogens is 3. The van der Waals surface area contributed by atoms with Gasteiger partial charge >= 0.3 is 12.3 Å². The van der Waals surface area contributed by atoms with E-state index in [0.717, 1.165) is 18.3 Å². The lowest BCUT2D eigenvalue weighted by molar-refractivity contribution is -0.189. The summed E-state index contributed by atoms with van der Waals surface area (Å²) in [5.41, 5.74) is 0.630. The number of anilines is 2. The standard InChI is InChI=1S/C16H13F3N4O4S/c1-7-10-11(21-6-22-13(10)28-14(7)27-15(24)25)23-9-4-3-5-20-12(9)26-8(2)16(17,18)19/h3-6,8H,1-2H3,(H,24,25)(H,21,22,23). The lowest BCUT2D eigenvalue weighted by Crippen LogP contribution is -2.31. The van der Waals surface area contributed by atoms with Crippen LogP contribution >= 0.6 is 11.3 Å². The van der Waals surface area contributed by atoms with Crippen LogP contribution in [0.3, 0.4) is 0 Å². The third kappa shape index (κ3) is 4.06. The van der Waals surface area contributed by atoms with Crippen molar-refractivity contribution < 1.29 is 32.5 Å². The van der Waals surface area contributed by atoms with Gasteiger partial charge in [0.25, 0.3) is 0 Å². The molecule has 0 bridgehead atoms. The molecule has 0 fully saturated rings. The first-order valence-electron chi connectivity index (χ1n) is 7.77. The molecule has 0 aromatic carbocycles. The van der Waals surface area contributed by atoms with Gasteiger partial charge in [0.15, 0.2) is 11.2 Å². The van der Waals surface area contributed by atoms with Gasteiger partial charge in [-0.3, -0.25) is 0 Å². The SMILES string of the molecule is Cc1c(OC(=O)O)sc2ncnc(Nc3cccnc3OC(C)C(F)(F)F)c12. The van der Waals surface area contributed by atoms with Crippen LogP contribution in [0.5, 0.6) is 10.9 Å². The molecule has 0 radical (unpaired) electrons. The van der Waals surface area contributed by atoms with Gasteiger partial charge in [-0.25, -0.2) is 19.7 Å². The summed E-state index contributed by atoms with van der Waals surface area (Å²) >= 11 is 1.01.